The Labute approximate surface area is 209 Å². The van der Waals surface area contributed by atoms with Crippen LogP contribution in [0.25, 0.3) is 10.8 Å². The molecule has 1 saturated heterocycles. The lowest BCUT2D eigenvalue weighted by molar-refractivity contribution is 0.193. The number of nitrogens with one attached hydrogen (secondary N) is 2. The Bertz CT molecular complexity index is 1320. The minimum absolute atomic E-state index is 0.0252. The third-order valence-corrected chi connectivity index (χ3v) is 7.56. The second-order valence-electron chi connectivity index (χ2n) is 8.52. The van der Waals surface area contributed by atoms with Gasteiger partial charge in [-0.25, -0.2) is 0 Å². The van der Waals surface area contributed by atoms with Gasteiger partial charge in [-0.15, -0.1) is 0 Å². The number of hydrogen-bond donors (Lipinski definition) is 5. The quantitative estimate of drug-likeness (QED) is 0.164. The molecule has 0 spiro atoms. The lowest BCUT2D eigenvalue weighted by Crippen LogP contribution is -2.35. The van der Waals surface area contributed by atoms with E-state index in [2.05, 4.69) is 0 Å². The van der Waals surface area contributed by atoms with Crippen molar-refractivity contribution in [1.82, 2.24) is 4.90 Å². The molecule has 3 aromatic rings. The van der Waals surface area contributed by atoms with E-state index in [4.69, 9.17) is 36.3 Å². The van der Waals surface area contributed by atoms with Crippen molar-refractivity contribution in [1.29, 1.82) is 10.8 Å². The van der Waals surface area contributed by atoms with E-state index >= 15 is 0 Å². The smallest absolute Gasteiger partial charge is 0.372 e. The summed E-state index contributed by atoms with van der Waals surface area (Å²) in [7, 11) is -4.20. The molecule has 7 N–H and O–H groups in total. The first-order chi connectivity index (χ1) is 17.2. The lowest BCUT2D eigenvalue weighted by Gasteiger charge is -2.24. The number of fused-ring (bicyclic) bond motifs is 1. The maximum absolute atomic E-state index is 13.1. The summed E-state index contributed by atoms with van der Waals surface area (Å²) in [5, 5.41) is 16.9. The standard InChI is InChI=1S/C25H30N5O5P/c1-2-33-36(31,32)24(35-21-10-5-16-3-4-18(23(26)27)13-19(16)14-21)17-6-8-20(9-7-17)34-22-11-12-30(15-22)25(28)29/h3-10,13-14,22,24H,2,11-12,15H2,1H3,(H3,26,27)(H3,28,29)(H,31,32). The number of nitrogen functional groups attached to an aromatic ring is 1. The molecular formula is C25H30N5O5P. The van der Waals surface area contributed by atoms with Crippen LogP contribution < -0.4 is 20.9 Å². The molecule has 0 aromatic heterocycles. The molecule has 1 aliphatic rings. The van der Waals surface area contributed by atoms with Crippen molar-refractivity contribution in [2.24, 2.45) is 11.5 Å². The molecule has 190 valence electrons. The van der Waals surface area contributed by atoms with Gasteiger partial charge in [0.15, 0.2) is 5.96 Å². The molecule has 0 amide bonds. The van der Waals surface area contributed by atoms with Crippen molar-refractivity contribution >= 4 is 30.2 Å². The minimum atomic E-state index is -4.20. The van der Waals surface area contributed by atoms with Gasteiger partial charge in [0.05, 0.1) is 13.2 Å². The van der Waals surface area contributed by atoms with Crippen molar-refractivity contribution in [2.45, 2.75) is 25.3 Å². The number of guanidine groups is 1. The zero-order valence-corrected chi connectivity index (χ0v) is 20.8. The Morgan fingerprint density at radius 3 is 2.42 bits per heavy atom. The highest BCUT2D eigenvalue weighted by Crippen LogP contribution is 2.57. The number of benzene rings is 3. The fourth-order valence-electron chi connectivity index (χ4n) is 4.12. The molecule has 3 atom stereocenters. The second kappa shape index (κ2) is 10.6. The van der Waals surface area contributed by atoms with Crippen LogP contribution in [0.4, 0.5) is 0 Å². The van der Waals surface area contributed by atoms with Gasteiger partial charge in [0.2, 0.25) is 5.85 Å². The van der Waals surface area contributed by atoms with E-state index < -0.39 is 13.4 Å². The number of nitrogens with zero attached hydrogens (tertiary/aromatic N) is 1. The van der Waals surface area contributed by atoms with E-state index in [-0.39, 0.29) is 24.5 Å². The number of rotatable bonds is 9. The molecule has 3 unspecified atom stereocenters. The highest BCUT2D eigenvalue weighted by atomic mass is 31.2. The first-order valence-corrected chi connectivity index (χ1v) is 13.2. The predicted molar refractivity (Wildman–Crippen MR) is 139 cm³/mol. The average Bonchev–Trinajstić information content (AvgIpc) is 3.31. The number of hydrogen-bond acceptors (Lipinski definition) is 6. The first kappa shape index (κ1) is 25.5. The number of amidine groups is 1. The van der Waals surface area contributed by atoms with Crippen LogP contribution >= 0.6 is 7.60 Å². The molecule has 0 saturated carbocycles. The second-order valence-corrected chi connectivity index (χ2v) is 10.4. The van der Waals surface area contributed by atoms with Crippen molar-refractivity contribution < 1.29 is 23.5 Å². The largest absolute Gasteiger partial charge is 0.489 e. The van der Waals surface area contributed by atoms with Gasteiger partial charge in [-0.1, -0.05) is 30.3 Å². The molecule has 11 heteroatoms. The summed E-state index contributed by atoms with van der Waals surface area (Å²) < 4.78 is 30.3. The molecule has 1 fully saturated rings. The fourth-order valence-corrected chi connectivity index (χ4v) is 5.43. The first-order valence-electron chi connectivity index (χ1n) is 11.5. The molecule has 4 rings (SSSR count). The Hall–Kier alpha value is -3.59. The maximum Gasteiger partial charge on any atom is 0.372 e. The highest BCUT2D eigenvalue weighted by molar-refractivity contribution is 7.53. The average molecular weight is 512 g/mol. The van der Waals surface area contributed by atoms with Gasteiger partial charge in [-0.05, 0) is 48.0 Å². The van der Waals surface area contributed by atoms with E-state index in [1.54, 1.807) is 60.4 Å². The zero-order valence-electron chi connectivity index (χ0n) is 19.9. The Kier molecular flexibility index (Phi) is 7.49. The summed E-state index contributed by atoms with van der Waals surface area (Å²) in [6, 6.07) is 17.4. The van der Waals surface area contributed by atoms with E-state index in [0.717, 1.165) is 17.2 Å². The van der Waals surface area contributed by atoms with Crippen LogP contribution in [0.5, 0.6) is 11.5 Å². The summed E-state index contributed by atoms with van der Waals surface area (Å²) in [5.41, 5.74) is 12.2. The van der Waals surface area contributed by atoms with E-state index in [9.17, 15) is 9.46 Å². The van der Waals surface area contributed by atoms with Gasteiger partial charge in [0.1, 0.15) is 23.4 Å². The van der Waals surface area contributed by atoms with Gasteiger partial charge in [0.25, 0.3) is 0 Å². The van der Waals surface area contributed by atoms with Crippen LogP contribution in [0.3, 0.4) is 0 Å². The Balaban J connectivity index is 1.57. The van der Waals surface area contributed by atoms with Crippen LogP contribution in [0.1, 0.15) is 30.3 Å². The predicted octanol–water partition coefficient (Wildman–Crippen LogP) is 3.77. The topological polar surface area (TPSA) is 168 Å². The van der Waals surface area contributed by atoms with Crippen LogP contribution in [0.2, 0.25) is 0 Å². The van der Waals surface area contributed by atoms with Gasteiger partial charge in [-0.3, -0.25) is 15.4 Å². The van der Waals surface area contributed by atoms with Crippen molar-refractivity contribution in [3.05, 3.63) is 71.8 Å². The SMILES string of the molecule is CCOP(=O)(O)C(Oc1ccc2ccc(C(=N)N)cc2c1)c1ccc(OC2CCN(C(=N)N)C2)cc1. The van der Waals surface area contributed by atoms with Gasteiger partial charge >= 0.3 is 7.60 Å². The Morgan fingerprint density at radius 2 is 1.78 bits per heavy atom. The minimum Gasteiger partial charge on any atom is -0.489 e. The third-order valence-electron chi connectivity index (χ3n) is 5.93. The monoisotopic (exact) mass is 511 g/mol. The summed E-state index contributed by atoms with van der Waals surface area (Å²) in [4.78, 5) is 12.4. The molecule has 1 aliphatic heterocycles. The van der Waals surface area contributed by atoms with Crippen LogP contribution in [0.15, 0.2) is 60.7 Å². The molecule has 10 nitrogen and oxygen atoms in total. The van der Waals surface area contributed by atoms with E-state index in [1.807, 2.05) is 12.1 Å². The highest BCUT2D eigenvalue weighted by Gasteiger charge is 2.36. The molecule has 1 heterocycles. The molecule has 0 bridgehead atoms. The molecule has 3 aromatic carbocycles. The van der Waals surface area contributed by atoms with Crippen LogP contribution in [0, 0.1) is 10.8 Å². The number of likely N-dealkylation sites (tertiary alicyclic amines) is 1. The van der Waals surface area contributed by atoms with Gasteiger partial charge in [0, 0.05) is 24.1 Å². The maximum atomic E-state index is 13.1. The molecular weight excluding hydrogens is 481 g/mol. The molecule has 0 radical (unpaired) electrons. The van der Waals surface area contributed by atoms with Crippen molar-refractivity contribution in [2.75, 3.05) is 19.7 Å². The summed E-state index contributed by atoms with van der Waals surface area (Å²) in [6.07, 6.45) is 0.646. The summed E-state index contributed by atoms with van der Waals surface area (Å²) in [5.74, 6) is -0.319. The molecule has 36 heavy (non-hydrogen) atoms. The summed E-state index contributed by atoms with van der Waals surface area (Å²) >= 11 is 0. The summed E-state index contributed by atoms with van der Waals surface area (Å²) in [6.45, 7) is 2.88. The van der Waals surface area contributed by atoms with E-state index in [1.165, 1.54) is 0 Å². The van der Waals surface area contributed by atoms with Gasteiger partial charge in [-0.2, -0.15) is 0 Å². The zero-order chi connectivity index (χ0) is 25.9. The van der Waals surface area contributed by atoms with Gasteiger partial charge < -0.3 is 35.3 Å². The van der Waals surface area contributed by atoms with E-state index in [0.29, 0.717) is 35.7 Å². The number of ether oxygens (including phenoxy) is 2. The normalized spacial score (nSPS) is 17.9. The fraction of sp³-hybridized carbons (Fsp3) is 0.280. The third kappa shape index (κ3) is 5.79. The number of nitrogens with two attached hydrogens (primary N) is 2. The lowest BCUT2D eigenvalue weighted by atomic mass is 10.1. The molecule has 0 aliphatic carbocycles. The van der Waals surface area contributed by atoms with Crippen molar-refractivity contribution in [3.63, 3.8) is 0 Å². The Morgan fingerprint density at radius 1 is 1.08 bits per heavy atom. The van der Waals surface area contributed by atoms with Crippen LogP contribution in [-0.2, 0) is 9.09 Å². The van der Waals surface area contributed by atoms with Crippen molar-refractivity contribution in [3.8, 4) is 11.5 Å². The van der Waals surface area contributed by atoms with Crippen LogP contribution in [-0.4, -0.2) is 47.4 Å².